The largest absolute Gasteiger partial charge is 0.348 e. The zero-order chi connectivity index (χ0) is 8.69. The van der Waals surface area contributed by atoms with Gasteiger partial charge in [0.15, 0.2) is 0 Å². The van der Waals surface area contributed by atoms with E-state index in [0.717, 1.165) is 19.3 Å². The first-order valence-electron chi connectivity index (χ1n) is 3.96. The maximum absolute atomic E-state index is 10.9. The molecule has 0 unspecified atom stereocenters. The highest BCUT2D eigenvalue weighted by molar-refractivity contribution is 5.92. The molecule has 0 saturated carbocycles. The Balaban J connectivity index is 3.25. The number of hydrogen-bond acceptors (Lipinski definition) is 1. The summed E-state index contributed by atoms with van der Waals surface area (Å²) in [6.45, 7) is 9.13. The van der Waals surface area contributed by atoms with Crippen LogP contribution in [0.3, 0.4) is 0 Å². The van der Waals surface area contributed by atoms with Gasteiger partial charge in [0.25, 0.3) is 0 Å². The highest BCUT2D eigenvalue weighted by atomic mass is 16.1. The van der Waals surface area contributed by atoms with Gasteiger partial charge in [0.1, 0.15) is 0 Å². The predicted octanol–water partition coefficient (Wildman–Crippen LogP) is 2.03. The minimum Gasteiger partial charge on any atom is -0.348 e. The highest BCUT2D eigenvalue weighted by Crippen LogP contribution is 1.95. The molecule has 2 heteroatoms. The molecule has 0 rings (SSSR count). The number of unbranched alkanes of at least 4 members (excludes halogenated alkanes) is 2. The van der Waals surface area contributed by atoms with Crippen molar-refractivity contribution in [3.05, 3.63) is 18.7 Å². The van der Waals surface area contributed by atoms with Gasteiger partial charge in [-0.1, -0.05) is 26.3 Å². The molecule has 0 aliphatic rings. The van der Waals surface area contributed by atoms with Gasteiger partial charge in [0.05, 0.1) is 0 Å². The standard InChI is InChI=1S/C9H16NO/c1-4-5-6-7-10-9(11)8(2)3/h7H,2,4-6H2,1,3H3,(H,10,11). The fourth-order valence-corrected chi connectivity index (χ4v) is 0.594. The van der Waals surface area contributed by atoms with E-state index < -0.39 is 0 Å². The van der Waals surface area contributed by atoms with Crippen LogP contribution < -0.4 is 5.32 Å². The zero-order valence-corrected chi connectivity index (χ0v) is 7.31. The Bertz CT molecular complexity index is 140. The van der Waals surface area contributed by atoms with E-state index in [0.29, 0.717) is 5.57 Å². The molecule has 1 N–H and O–H groups in total. The molecule has 1 radical (unpaired) electrons. The van der Waals surface area contributed by atoms with Gasteiger partial charge in [0, 0.05) is 12.1 Å². The molecule has 0 aromatic heterocycles. The van der Waals surface area contributed by atoms with Crippen LogP contribution in [0, 0.1) is 6.54 Å². The van der Waals surface area contributed by atoms with Gasteiger partial charge in [-0.05, 0) is 13.3 Å². The molecule has 0 spiro atoms. The number of hydrogen-bond donors (Lipinski definition) is 1. The molecule has 63 valence electrons. The van der Waals surface area contributed by atoms with Crippen molar-refractivity contribution in [3.8, 4) is 0 Å². The first-order chi connectivity index (χ1) is 5.18. The van der Waals surface area contributed by atoms with Crippen LogP contribution >= 0.6 is 0 Å². The third-order valence-corrected chi connectivity index (χ3v) is 1.32. The molecule has 0 bridgehead atoms. The van der Waals surface area contributed by atoms with Gasteiger partial charge in [-0.2, -0.15) is 0 Å². The quantitative estimate of drug-likeness (QED) is 0.476. The van der Waals surface area contributed by atoms with Crippen molar-refractivity contribution in [2.45, 2.75) is 33.1 Å². The Morgan fingerprint density at radius 3 is 2.73 bits per heavy atom. The summed E-state index contributed by atoms with van der Waals surface area (Å²) in [5.74, 6) is -0.0823. The summed E-state index contributed by atoms with van der Waals surface area (Å²) < 4.78 is 0. The third-order valence-electron chi connectivity index (χ3n) is 1.32. The van der Waals surface area contributed by atoms with E-state index in [2.05, 4.69) is 18.8 Å². The van der Waals surface area contributed by atoms with Crippen LogP contribution in [0.4, 0.5) is 0 Å². The minimum atomic E-state index is -0.0823. The second-order valence-electron chi connectivity index (χ2n) is 2.60. The number of rotatable bonds is 5. The highest BCUT2D eigenvalue weighted by Gasteiger charge is 1.98. The van der Waals surface area contributed by atoms with Crippen molar-refractivity contribution in [2.24, 2.45) is 0 Å². The predicted molar refractivity (Wildman–Crippen MR) is 46.8 cm³/mol. The second kappa shape index (κ2) is 5.96. The first kappa shape index (κ1) is 10.2. The van der Waals surface area contributed by atoms with Crippen LogP contribution in [0.5, 0.6) is 0 Å². The van der Waals surface area contributed by atoms with Gasteiger partial charge >= 0.3 is 0 Å². The molecule has 2 nitrogen and oxygen atoms in total. The molecule has 0 saturated heterocycles. The van der Waals surface area contributed by atoms with E-state index in [1.807, 2.05) is 0 Å². The Labute approximate surface area is 68.7 Å². The Morgan fingerprint density at radius 2 is 2.27 bits per heavy atom. The zero-order valence-electron chi connectivity index (χ0n) is 7.31. The summed E-state index contributed by atoms with van der Waals surface area (Å²) in [5, 5.41) is 2.65. The lowest BCUT2D eigenvalue weighted by Crippen LogP contribution is -2.20. The van der Waals surface area contributed by atoms with Gasteiger partial charge in [-0.3, -0.25) is 4.79 Å². The van der Waals surface area contributed by atoms with Crippen LogP contribution in [0.15, 0.2) is 12.2 Å². The van der Waals surface area contributed by atoms with E-state index in [4.69, 9.17) is 0 Å². The minimum absolute atomic E-state index is 0.0823. The van der Waals surface area contributed by atoms with E-state index in [-0.39, 0.29) is 5.91 Å². The summed E-state index contributed by atoms with van der Waals surface area (Å²) in [5.41, 5.74) is 0.553. The van der Waals surface area contributed by atoms with Crippen molar-refractivity contribution in [1.82, 2.24) is 5.32 Å². The molecule has 0 aromatic carbocycles. The number of amides is 1. The smallest absolute Gasteiger partial charge is 0.246 e. The lowest BCUT2D eigenvalue weighted by molar-refractivity contribution is -0.116. The average molecular weight is 154 g/mol. The fourth-order valence-electron chi connectivity index (χ4n) is 0.594. The van der Waals surface area contributed by atoms with E-state index in [9.17, 15) is 4.79 Å². The molecular formula is C9H16NO. The van der Waals surface area contributed by atoms with Gasteiger partial charge in [0.2, 0.25) is 5.91 Å². The molecular weight excluding hydrogens is 138 g/mol. The van der Waals surface area contributed by atoms with Gasteiger partial charge in [-0.25, -0.2) is 0 Å². The van der Waals surface area contributed by atoms with Crippen LogP contribution in [-0.2, 0) is 4.79 Å². The van der Waals surface area contributed by atoms with Crippen LogP contribution in [0.25, 0.3) is 0 Å². The van der Waals surface area contributed by atoms with Crippen LogP contribution in [-0.4, -0.2) is 5.91 Å². The fraction of sp³-hybridized carbons (Fsp3) is 0.556. The summed E-state index contributed by atoms with van der Waals surface area (Å²) in [6.07, 6.45) is 3.21. The van der Waals surface area contributed by atoms with Crippen molar-refractivity contribution in [2.75, 3.05) is 0 Å². The lowest BCUT2D eigenvalue weighted by atomic mass is 10.2. The van der Waals surface area contributed by atoms with Gasteiger partial charge < -0.3 is 5.32 Å². The van der Waals surface area contributed by atoms with Crippen molar-refractivity contribution >= 4 is 5.91 Å². The Hall–Kier alpha value is -0.790. The first-order valence-corrected chi connectivity index (χ1v) is 3.96. The maximum atomic E-state index is 10.9. The van der Waals surface area contributed by atoms with Crippen molar-refractivity contribution in [1.29, 1.82) is 0 Å². The molecule has 0 aliphatic carbocycles. The molecule has 0 heterocycles. The lowest BCUT2D eigenvalue weighted by Gasteiger charge is -2.01. The summed E-state index contributed by atoms with van der Waals surface area (Å²) in [6, 6.07) is 0. The van der Waals surface area contributed by atoms with E-state index in [1.54, 1.807) is 13.5 Å². The molecule has 0 aromatic rings. The Morgan fingerprint density at radius 1 is 1.64 bits per heavy atom. The monoisotopic (exact) mass is 154 g/mol. The summed E-state index contributed by atoms with van der Waals surface area (Å²) in [7, 11) is 0. The summed E-state index contributed by atoms with van der Waals surface area (Å²) in [4.78, 5) is 10.9. The van der Waals surface area contributed by atoms with E-state index >= 15 is 0 Å². The van der Waals surface area contributed by atoms with Crippen molar-refractivity contribution in [3.63, 3.8) is 0 Å². The third kappa shape index (κ3) is 5.64. The topological polar surface area (TPSA) is 29.1 Å². The maximum Gasteiger partial charge on any atom is 0.246 e. The average Bonchev–Trinajstić information content (AvgIpc) is 1.97. The number of nitrogens with one attached hydrogen (secondary N) is 1. The normalized spacial score (nSPS) is 9.27. The number of carbonyl (C=O) groups excluding carboxylic acids is 1. The molecule has 0 atom stereocenters. The van der Waals surface area contributed by atoms with Crippen molar-refractivity contribution < 1.29 is 4.79 Å². The molecule has 0 aliphatic heterocycles. The number of carbonyl (C=O) groups is 1. The Kier molecular flexibility index (Phi) is 5.53. The SMILES string of the molecule is C=C(C)C(=O)N[CH]CCCC. The van der Waals surface area contributed by atoms with Gasteiger partial charge in [-0.15, -0.1) is 0 Å². The van der Waals surface area contributed by atoms with E-state index in [1.165, 1.54) is 0 Å². The summed E-state index contributed by atoms with van der Waals surface area (Å²) >= 11 is 0. The van der Waals surface area contributed by atoms with Crippen LogP contribution in [0.1, 0.15) is 33.1 Å². The molecule has 1 amide bonds. The molecule has 11 heavy (non-hydrogen) atoms. The second-order valence-corrected chi connectivity index (χ2v) is 2.60. The van der Waals surface area contributed by atoms with Crippen LogP contribution in [0.2, 0.25) is 0 Å². The molecule has 0 fully saturated rings.